The first-order valence-electron chi connectivity index (χ1n) is 9.49. The second kappa shape index (κ2) is 6.61. The lowest BCUT2D eigenvalue weighted by atomic mass is 9.82. The maximum atomic E-state index is 12.8. The van der Waals surface area contributed by atoms with Crippen LogP contribution in [0.15, 0.2) is 59.5 Å². The highest BCUT2D eigenvalue weighted by Gasteiger charge is 2.35. The van der Waals surface area contributed by atoms with Crippen molar-refractivity contribution in [3.05, 3.63) is 76.5 Å². The van der Waals surface area contributed by atoms with Crippen LogP contribution in [0.25, 0.3) is 11.3 Å². The largest absolute Gasteiger partial charge is 0.356 e. The van der Waals surface area contributed by atoms with Crippen LogP contribution in [0.3, 0.4) is 0 Å². The molecule has 138 valence electrons. The Kier molecular flexibility index (Phi) is 3.94. The Hall–Kier alpha value is -3.46. The van der Waals surface area contributed by atoms with E-state index in [1.165, 1.54) is 0 Å². The molecule has 2 aliphatic rings. The molecule has 5 heterocycles. The topological polar surface area (TPSA) is 74.8 Å². The zero-order valence-electron chi connectivity index (χ0n) is 15.3. The molecule has 6 nitrogen and oxygen atoms in total. The normalized spacial score (nSPS) is 20.3. The summed E-state index contributed by atoms with van der Waals surface area (Å²) in [7, 11) is 0. The molecule has 5 rings (SSSR count). The van der Waals surface area contributed by atoms with Crippen molar-refractivity contribution in [1.82, 2.24) is 14.5 Å². The monoisotopic (exact) mass is 369 g/mol. The van der Waals surface area contributed by atoms with Gasteiger partial charge in [-0.3, -0.25) is 9.78 Å². The van der Waals surface area contributed by atoms with Crippen molar-refractivity contribution in [3.8, 4) is 17.3 Å². The number of anilines is 1. The maximum absolute atomic E-state index is 12.8. The zero-order chi connectivity index (χ0) is 19.1. The van der Waals surface area contributed by atoms with Crippen LogP contribution >= 0.6 is 0 Å². The lowest BCUT2D eigenvalue weighted by molar-refractivity contribution is 0.281. The Morgan fingerprint density at radius 1 is 1.07 bits per heavy atom. The highest BCUT2D eigenvalue weighted by Crippen LogP contribution is 2.37. The molecular formula is C22H19N5O. The predicted molar refractivity (Wildman–Crippen MR) is 106 cm³/mol. The van der Waals surface area contributed by atoms with Crippen molar-refractivity contribution in [3.63, 3.8) is 0 Å². The van der Waals surface area contributed by atoms with Crippen molar-refractivity contribution in [2.45, 2.75) is 18.9 Å². The second-order valence-electron chi connectivity index (χ2n) is 7.53. The summed E-state index contributed by atoms with van der Waals surface area (Å²) in [6.45, 7) is 2.37. The van der Waals surface area contributed by atoms with Crippen molar-refractivity contribution >= 4 is 5.82 Å². The summed E-state index contributed by atoms with van der Waals surface area (Å²) in [4.78, 5) is 23.9. The predicted octanol–water partition coefficient (Wildman–Crippen LogP) is 2.80. The molecule has 1 saturated heterocycles. The van der Waals surface area contributed by atoms with Gasteiger partial charge in [0.15, 0.2) is 0 Å². The van der Waals surface area contributed by atoms with E-state index in [-0.39, 0.29) is 11.5 Å². The third-order valence-corrected chi connectivity index (χ3v) is 5.69. The van der Waals surface area contributed by atoms with Gasteiger partial charge in [-0.15, -0.1) is 0 Å². The minimum Gasteiger partial charge on any atom is -0.356 e. The SMILES string of the molecule is N#Cc1cccc(N2C[C@@H]3C[C@H](C2)c2cc(-c4ccccn4)cc(=O)n2C3)n1. The molecule has 0 saturated carbocycles. The molecule has 2 aliphatic heterocycles. The summed E-state index contributed by atoms with van der Waals surface area (Å²) in [5.41, 5.74) is 3.25. The van der Waals surface area contributed by atoms with Crippen LogP contribution in [-0.2, 0) is 6.54 Å². The maximum Gasteiger partial charge on any atom is 0.251 e. The molecule has 2 atom stereocenters. The summed E-state index contributed by atoms with van der Waals surface area (Å²) in [6, 6.07) is 17.2. The molecule has 6 heteroatoms. The minimum absolute atomic E-state index is 0.0471. The van der Waals surface area contributed by atoms with E-state index in [0.29, 0.717) is 11.6 Å². The molecule has 3 aromatic heterocycles. The third-order valence-electron chi connectivity index (χ3n) is 5.69. The van der Waals surface area contributed by atoms with E-state index in [4.69, 9.17) is 5.26 Å². The fourth-order valence-corrected chi connectivity index (χ4v) is 4.49. The quantitative estimate of drug-likeness (QED) is 0.694. The van der Waals surface area contributed by atoms with E-state index in [1.807, 2.05) is 34.9 Å². The van der Waals surface area contributed by atoms with Crippen LogP contribution in [0.5, 0.6) is 0 Å². The number of aromatic nitrogens is 3. The third kappa shape index (κ3) is 2.85. The van der Waals surface area contributed by atoms with Crippen molar-refractivity contribution in [2.75, 3.05) is 18.0 Å². The van der Waals surface area contributed by atoms with Gasteiger partial charge in [-0.25, -0.2) is 4.98 Å². The van der Waals surface area contributed by atoms with Gasteiger partial charge >= 0.3 is 0 Å². The number of pyridine rings is 3. The van der Waals surface area contributed by atoms with E-state index in [2.05, 4.69) is 27.0 Å². The summed E-state index contributed by atoms with van der Waals surface area (Å²) in [5, 5.41) is 9.15. The number of hydrogen-bond acceptors (Lipinski definition) is 5. The minimum atomic E-state index is 0.0471. The number of nitrogens with zero attached hydrogens (tertiary/aromatic N) is 5. The highest BCUT2D eigenvalue weighted by molar-refractivity contribution is 5.59. The summed E-state index contributed by atoms with van der Waals surface area (Å²) >= 11 is 0. The van der Waals surface area contributed by atoms with Gasteiger partial charge in [0.1, 0.15) is 17.6 Å². The highest BCUT2D eigenvalue weighted by atomic mass is 16.1. The molecule has 1 fully saturated rings. The molecule has 0 aromatic carbocycles. The Labute approximate surface area is 162 Å². The lowest BCUT2D eigenvalue weighted by Crippen LogP contribution is -2.47. The average Bonchev–Trinajstić information content (AvgIpc) is 2.75. The summed E-state index contributed by atoms with van der Waals surface area (Å²) in [6.07, 6.45) is 2.82. The van der Waals surface area contributed by atoms with E-state index < -0.39 is 0 Å². The number of piperidine rings is 1. The Balaban J connectivity index is 1.53. The van der Waals surface area contributed by atoms with E-state index in [0.717, 1.165) is 48.8 Å². The molecular weight excluding hydrogens is 350 g/mol. The second-order valence-corrected chi connectivity index (χ2v) is 7.53. The van der Waals surface area contributed by atoms with Crippen molar-refractivity contribution in [1.29, 1.82) is 5.26 Å². The number of rotatable bonds is 2. The standard InChI is InChI=1S/C22H19N5O/c23-11-18-4-3-6-21(25-18)26-12-15-8-17(14-26)20-9-16(10-22(28)27(20)13-15)19-5-1-2-7-24-19/h1-7,9-10,15,17H,8,12-14H2/t15-,17+/m0/s1. The molecule has 0 radical (unpaired) electrons. The first-order chi connectivity index (χ1) is 13.7. The molecule has 0 spiro atoms. The average molecular weight is 369 g/mol. The molecule has 0 unspecified atom stereocenters. The molecule has 28 heavy (non-hydrogen) atoms. The van der Waals surface area contributed by atoms with Gasteiger partial charge in [-0.05, 0) is 42.7 Å². The van der Waals surface area contributed by atoms with Crippen LogP contribution in [0.4, 0.5) is 5.82 Å². The Bertz CT molecular complexity index is 1130. The van der Waals surface area contributed by atoms with Gasteiger partial charge in [0, 0.05) is 49.1 Å². The van der Waals surface area contributed by atoms with E-state index in [9.17, 15) is 4.79 Å². The number of nitriles is 1. The molecule has 3 aromatic rings. The zero-order valence-corrected chi connectivity index (χ0v) is 15.3. The van der Waals surface area contributed by atoms with Gasteiger partial charge in [0.05, 0.1) is 5.69 Å². The Morgan fingerprint density at radius 3 is 2.82 bits per heavy atom. The van der Waals surface area contributed by atoms with Crippen molar-refractivity contribution < 1.29 is 0 Å². The van der Waals surface area contributed by atoms with Gasteiger partial charge in [0.2, 0.25) is 0 Å². The summed E-state index contributed by atoms with van der Waals surface area (Å²) < 4.78 is 1.93. The smallest absolute Gasteiger partial charge is 0.251 e. The first kappa shape index (κ1) is 16.7. The number of fused-ring (bicyclic) bond motifs is 4. The first-order valence-corrected chi connectivity index (χ1v) is 9.49. The molecule has 0 aliphatic carbocycles. The molecule has 0 amide bonds. The van der Waals surface area contributed by atoms with E-state index >= 15 is 0 Å². The fourth-order valence-electron chi connectivity index (χ4n) is 4.49. The van der Waals surface area contributed by atoms with Crippen LogP contribution < -0.4 is 10.5 Å². The van der Waals surface area contributed by atoms with Crippen LogP contribution in [0.2, 0.25) is 0 Å². The van der Waals surface area contributed by atoms with Crippen LogP contribution in [0, 0.1) is 17.2 Å². The van der Waals surface area contributed by atoms with Gasteiger partial charge in [0.25, 0.3) is 5.56 Å². The van der Waals surface area contributed by atoms with Gasteiger partial charge in [-0.2, -0.15) is 5.26 Å². The van der Waals surface area contributed by atoms with Gasteiger partial charge in [-0.1, -0.05) is 12.1 Å². The van der Waals surface area contributed by atoms with Crippen LogP contribution in [-0.4, -0.2) is 27.6 Å². The molecule has 2 bridgehead atoms. The van der Waals surface area contributed by atoms with Crippen molar-refractivity contribution in [2.24, 2.45) is 5.92 Å². The molecule has 0 N–H and O–H groups in total. The van der Waals surface area contributed by atoms with E-state index in [1.54, 1.807) is 18.3 Å². The summed E-state index contributed by atoms with van der Waals surface area (Å²) in [5.74, 6) is 1.50. The lowest BCUT2D eigenvalue weighted by Gasteiger charge is -2.43. The van der Waals surface area contributed by atoms with Crippen LogP contribution in [0.1, 0.15) is 23.7 Å². The fraction of sp³-hybridized carbons (Fsp3) is 0.273. The van der Waals surface area contributed by atoms with Gasteiger partial charge < -0.3 is 9.47 Å². The Morgan fingerprint density at radius 2 is 2.00 bits per heavy atom. The number of hydrogen-bond donors (Lipinski definition) is 0.